The molecule has 3 rings (SSSR count). The van der Waals surface area contributed by atoms with Crippen molar-refractivity contribution in [1.82, 2.24) is 14.5 Å². The number of amides is 1. The van der Waals surface area contributed by atoms with Crippen LogP contribution < -0.4 is 5.73 Å². The lowest BCUT2D eigenvalue weighted by Gasteiger charge is -2.29. The molecule has 0 atom stereocenters. The van der Waals surface area contributed by atoms with Crippen LogP contribution in [0.25, 0.3) is 0 Å². The predicted octanol–water partition coefficient (Wildman–Crippen LogP) is 1.20. The Bertz CT molecular complexity index is 632. The van der Waals surface area contributed by atoms with Crippen molar-refractivity contribution in [3.8, 4) is 0 Å². The fourth-order valence-electron chi connectivity index (χ4n) is 2.47. The molecule has 2 heterocycles. The lowest BCUT2D eigenvalue weighted by Crippen LogP contribution is -2.36. The molecule has 0 aliphatic carbocycles. The minimum Gasteiger partial charge on any atom is -0.398 e. The average Bonchev–Trinajstić information content (AvgIpc) is 2.85. The Labute approximate surface area is 111 Å². The Morgan fingerprint density at radius 2 is 2.26 bits per heavy atom. The number of carbonyl (C=O) groups excluding carboxylic acids is 1. The first-order valence-electron chi connectivity index (χ1n) is 6.28. The third-order valence-corrected chi connectivity index (χ3v) is 3.52. The van der Waals surface area contributed by atoms with E-state index in [1.54, 1.807) is 22.0 Å². The first kappa shape index (κ1) is 11.8. The van der Waals surface area contributed by atoms with Crippen LogP contribution in [0.1, 0.15) is 21.6 Å². The summed E-state index contributed by atoms with van der Waals surface area (Å²) in [5, 5.41) is 0. The Kier molecular flexibility index (Phi) is 2.74. The first-order chi connectivity index (χ1) is 9.15. The molecule has 0 radical (unpaired) electrons. The van der Waals surface area contributed by atoms with Crippen molar-refractivity contribution in [2.75, 3.05) is 12.3 Å². The predicted molar refractivity (Wildman–Crippen MR) is 72.5 cm³/mol. The quantitative estimate of drug-likeness (QED) is 0.780. The molecule has 0 unspecified atom stereocenters. The van der Waals surface area contributed by atoms with E-state index in [-0.39, 0.29) is 5.91 Å². The van der Waals surface area contributed by atoms with Crippen LogP contribution in [0.5, 0.6) is 0 Å². The van der Waals surface area contributed by atoms with Crippen LogP contribution in [0.2, 0.25) is 0 Å². The average molecular weight is 256 g/mol. The number of rotatable bonds is 1. The van der Waals surface area contributed by atoms with Crippen LogP contribution in [0.3, 0.4) is 0 Å². The third-order valence-electron chi connectivity index (χ3n) is 3.52. The van der Waals surface area contributed by atoms with E-state index < -0.39 is 0 Å². The third kappa shape index (κ3) is 2.07. The molecule has 2 aromatic rings. The second kappa shape index (κ2) is 4.42. The number of nitrogens with two attached hydrogens (primary N) is 1. The number of hydrogen-bond acceptors (Lipinski definition) is 3. The molecule has 1 aromatic carbocycles. The molecule has 0 fully saturated rings. The largest absolute Gasteiger partial charge is 0.398 e. The van der Waals surface area contributed by atoms with Gasteiger partial charge in [-0.1, -0.05) is 12.1 Å². The maximum atomic E-state index is 12.3. The van der Waals surface area contributed by atoms with Crippen LogP contribution in [0.15, 0.2) is 30.7 Å². The minimum absolute atomic E-state index is 0.0329. The van der Waals surface area contributed by atoms with E-state index in [2.05, 4.69) is 11.1 Å². The van der Waals surface area contributed by atoms with Crippen molar-refractivity contribution in [3.05, 3.63) is 47.5 Å². The smallest absolute Gasteiger partial charge is 0.274 e. The maximum absolute atomic E-state index is 12.3. The van der Waals surface area contributed by atoms with Gasteiger partial charge >= 0.3 is 0 Å². The van der Waals surface area contributed by atoms with Crippen LogP contribution in [0.4, 0.5) is 5.69 Å². The number of fused-ring (bicyclic) bond motifs is 1. The Morgan fingerprint density at radius 3 is 3.00 bits per heavy atom. The van der Waals surface area contributed by atoms with Gasteiger partial charge in [0, 0.05) is 32.0 Å². The molecule has 98 valence electrons. The van der Waals surface area contributed by atoms with Crippen molar-refractivity contribution < 1.29 is 4.79 Å². The molecule has 2 N–H and O–H groups in total. The number of nitrogens with zero attached hydrogens (tertiary/aromatic N) is 3. The van der Waals surface area contributed by atoms with Gasteiger partial charge in [-0.15, -0.1) is 0 Å². The van der Waals surface area contributed by atoms with Crippen molar-refractivity contribution >= 4 is 11.6 Å². The molecule has 0 bridgehead atoms. The zero-order chi connectivity index (χ0) is 13.4. The summed E-state index contributed by atoms with van der Waals surface area (Å²) in [6, 6.07) is 5.92. The van der Waals surface area contributed by atoms with Crippen molar-refractivity contribution in [2.45, 2.75) is 13.0 Å². The van der Waals surface area contributed by atoms with Crippen LogP contribution in [-0.4, -0.2) is 26.9 Å². The van der Waals surface area contributed by atoms with Gasteiger partial charge in [0.2, 0.25) is 0 Å². The monoisotopic (exact) mass is 256 g/mol. The van der Waals surface area contributed by atoms with Crippen LogP contribution in [-0.2, 0) is 20.0 Å². The van der Waals surface area contributed by atoms with Gasteiger partial charge < -0.3 is 15.2 Å². The Morgan fingerprint density at radius 1 is 1.42 bits per heavy atom. The molecule has 1 aliphatic heterocycles. The number of anilines is 1. The molecule has 0 spiro atoms. The summed E-state index contributed by atoms with van der Waals surface area (Å²) in [5.74, 6) is -0.0329. The molecule has 0 saturated carbocycles. The molecule has 19 heavy (non-hydrogen) atoms. The number of aryl methyl sites for hydroxylation is 1. The highest BCUT2D eigenvalue weighted by molar-refractivity contribution is 5.92. The van der Waals surface area contributed by atoms with Gasteiger partial charge in [0.05, 0.1) is 6.33 Å². The van der Waals surface area contributed by atoms with E-state index in [0.29, 0.717) is 18.8 Å². The number of aromatic nitrogens is 2. The highest BCUT2D eigenvalue weighted by atomic mass is 16.2. The molecular formula is C14H16N4O. The van der Waals surface area contributed by atoms with E-state index in [1.807, 2.05) is 19.2 Å². The number of carbonyl (C=O) groups is 1. The molecular weight excluding hydrogens is 240 g/mol. The highest BCUT2D eigenvalue weighted by Crippen LogP contribution is 2.24. The van der Waals surface area contributed by atoms with Crippen LogP contribution in [0, 0.1) is 0 Å². The highest BCUT2D eigenvalue weighted by Gasteiger charge is 2.24. The summed E-state index contributed by atoms with van der Waals surface area (Å²) in [6.45, 7) is 1.28. The van der Waals surface area contributed by atoms with Gasteiger partial charge in [-0.3, -0.25) is 4.79 Å². The van der Waals surface area contributed by atoms with Gasteiger partial charge in [0.25, 0.3) is 5.91 Å². The molecule has 1 aliphatic rings. The van der Waals surface area contributed by atoms with Crippen molar-refractivity contribution in [2.24, 2.45) is 7.05 Å². The summed E-state index contributed by atoms with van der Waals surface area (Å²) in [5.41, 5.74) is 9.54. The van der Waals surface area contributed by atoms with Crippen LogP contribution >= 0.6 is 0 Å². The number of imidazole rings is 1. The molecule has 0 saturated heterocycles. The van der Waals surface area contributed by atoms with E-state index in [4.69, 9.17) is 5.73 Å². The SMILES string of the molecule is Cn1cnc(C(=O)N2CCc3cccc(N)c3C2)c1. The number of benzene rings is 1. The lowest BCUT2D eigenvalue weighted by molar-refractivity contribution is 0.0729. The topological polar surface area (TPSA) is 64.2 Å². The van der Waals surface area contributed by atoms with Gasteiger partial charge in [0.1, 0.15) is 5.69 Å². The lowest BCUT2D eigenvalue weighted by atomic mass is 9.98. The van der Waals surface area contributed by atoms with Gasteiger partial charge in [-0.05, 0) is 23.6 Å². The summed E-state index contributed by atoms with van der Waals surface area (Å²) in [7, 11) is 1.85. The second-order valence-electron chi connectivity index (χ2n) is 4.89. The standard InChI is InChI=1S/C14H16N4O/c1-17-8-13(16-9-17)14(19)18-6-5-10-3-2-4-12(15)11(10)7-18/h2-4,8-9H,5-7,15H2,1H3. The van der Waals surface area contributed by atoms with E-state index in [9.17, 15) is 4.79 Å². The normalized spacial score (nSPS) is 14.3. The summed E-state index contributed by atoms with van der Waals surface area (Å²) in [6.07, 6.45) is 4.23. The summed E-state index contributed by atoms with van der Waals surface area (Å²) in [4.78, 5) is 18.3. The van der Waals surface area contributed by atoms with Gasteiger partial charge in [-0.2, -0.15) is 0 Å². The second-order valence-corrected chi connectivity index (χ2v) is 4.89. The van der Waals surface area contributed by atoms with Crippen molar-refractivity contribution in [1.29, 1.82) is 0 Å². The van der Waals surface area contributed by atoms with E-state index in [0.717, 1.165) is 17.7 Å². The first-order valence-corrected chi connectivity index (χ1v) is 6.28. The summed E-state index contributed by atoms with van der Waals surface area (Å²) >= 11 is 0. The van der Waals surface area contributed by atoms with Crippen molar-refractivity contribution in [3.63, 3.8) is 0 Å². The molecule has 1 amide bonds. The zero-order valence-electron chi connectivity index (χ0n) is 10.8. The fraction of sp³-hybridized carbons (Fsp3) is 0.286. The minimum atomic E-state index is -0.0329. The Hall–Kier alpha value is -2.30. The van der Waals surface area contributed by atoms with E-state index >= 15 is 0 Å². The van der Waals surface area contributed by atoms with Gasteiger partial charge in [-0.25, -0.2) is 4.98 Å². The Balaban J connectivity index is 1.86. The molecule has 1 aromatic heterocycles. The number of nitrogen functional groups attached to an aromatic ring is 1. The number of hydrogen-bond donors (Lipinski definition) is 1. The molecule has 5 heteroatoms. The van der Waals surface area contributed by atoms with Gasteiger partial charge in [0.15, 0.2) is 0 Å². The van der Waals surface area contributed by atoms with E-state index in [1.165, 1.54) is 5.56 Å². The summed E-state index contributed by atoms with van der Waals surface area (Å²) < 4.78 is 1.78. The molecule has 5 nitrogen and oxygen atoms in total. The fourth-order valence-corrected chi connectivity index (χ4v) is 2.47. The zero-order valence-corrected chi connectivity index (χ0v) is 10.8. The maximum Gasteiger partial charge on any atom is 0.274 e.